The van der Waals surface area contributed by atoms with Gasteiger partial charge in [-0.2, -0.15) is 0 Å². The molecule has 21 heavy (non-hydrogen) atoms. The average Bonchev–Trinajstić information content (AvgIpc) is 2.53. The molecule has 1 aromatic heterocycles. The van der Waals surface area contributed by atoms with Crippen LogP contribution in [-0.2, 0) is 6.42 Å². The van der Waals surface area contributed by atoms with E-state index in [1.54, 1.807) is 12.4 Å². The van der Waals surface area contributed by atoms with Crippen molar-refractivity contribution in [3.63, 3.8) is 0 Å². The summed E-state index contributed by atoms with van der Waals surface area (Å²) in [4.78, 5) is 4.04. The molecule has 2 atom stereocenters. The highest BCUT2D eigenvalue weighted by Crippen LogP contribution is 2.38. The van der Waals surface area contributed by atoms with Gasteiger partial charge in [-0.15, -0.1) is 0 Å². The Morgan fingerprint density at radius 1 is 1.33 bits per heavy atom. The van der Waals surface area contributed by atoms with E-state index in [1.165, 1.54) is 30.4 Å². The first-order valence-electron chi connectivity index (χ1n) is 7.43. The Morgan fingerprint density at radius 3 is 3.00 bits per heavy atom. The summed E-state index contributed by atoms with van der Waals surface area (Å²) in [7, 11) is 0. The molecule has 0 saturated heterocycles. The zero-order chi connectivity index (χ0) is 14.7. The van der Waals surface area contributed by atoms with E-state index in [4.69, 9.17) is 17.4 Å². The van der Waals surface area contributed by atoms with E-state index >= 15 is 0 Å². The molecule has 4 heteroatoms. The van der Waals surface area contributed by atoms with Gasteiger partial charge in [-0.1, -0.05) is 35.9 Å². The monoisotopic (exact) mass is 301 g/mol. The second-order valence-corrected chi connectivity index (χ2v) is 6.05. The van der Waals surface area contributed by atoms with Gasteiger partial charge in [0, 0.05) is 18.4 Å². The van der Waals surface area contributed by atoms with Crippen LogP contribution in [0.1, 0.15) is 47.9 Å². The molecule has 110 valence electrons. The number of nitrogens with one attached hydrogen (secondary N) is 1. The molecule has 0 bridgehead atoms. The lowest BCUT2D eigenvalue weighted by Crippen LogP contribution is -2.30. The van der Waals surface area contributed by atoms with Crippen LogP contribution in [0.5, 0.6) is 0 Å². The van der Waals surface area contributed by atoms with Crippen LogP contribution in [0.3, 0.4) is 0 Å². The van der Waals surface area contributed by atoms with Gasteiger partial charge in [-0.05, 0) is 54.4 Å². The number of aryl methyl sites for hydroxylation is 1. The molecule has 1 aliphatic carbocycles. The summed E-state index contributed by atoms with van der Waals surface area (Å²) in [6.07, 6.45) is 8.03. The minimum absolute atomic E-state index is 0.0525. The second kappa shape index (κ2) is 6.56. The number of aromatic nitrogens is 1. The number of hydrogen-bond donors (Lipinski definition) is 2. The molecule has 3 nitrogen and oxygen atoms in total. The van der Waals surface area contributed by atoms with E-state index in [9.17, 15) is 0 Å². The first-order valence-corrected chi connectivity index (χ1v) is 7.80. The zero-order valence-corrected chi connectivity index (χ0v) is 12.7. The van der Waals surface area contributed by atoms with Crippen molar-refractivity contribution < 1.29 is 0 Å². The lowest BCUT2D eigenvalue weighted by molar-refractivity contribution is 0.425. The fourth-order valence-electron chi connectivity index (χ4n) is 3.34. The smallest absolute Gasteiger partial charge is 0.0637 e. The van der Waals surface area contributed by atoms with Crippen LogP contribution in [0.2, 0.25) is 5.02 Å². The Morgan fingerprint density at radius 2 is 2.19 bits per heavy atom. The topological polar surface area (TPSA) is 50.9 Å². The Kier molecular flexibility index (Phi) is 4.54. The van der Waals surface area contributed by atoms with Crippen molar-refractivity contribution in [2.45, 2.75) is 37.6 Å². The minimum atomic E-state index is 0.0525. The molecule has 3 rings (SSSR count). The first-order chi connectivity index (χ1) is 10.3. The third-order valence-corrected chi connectivity index (χ3v) is 4.71. The van der Waals surface area contributed by atoms with Gasteiger partial charge in [0.15, 0.2) is 0 Å². The number of halogens is 1. The summed E-state index contributed by atoms with van der Waals surface area (Å²) >= 11 is 6.26. The average molecular weight is 302 g/mol. The van der Waals surface area contributed by atoms with Crippen molar-refractivity contribution in [3.8, 4) is 0 Å². The largest absolute Gasteiger partial charge is 0.271 e. The van der Waals surface area contributed by atoms with E-state index in [0.717, 1.165) is 12.0 Å². The van der Waals surface area contributed by atoms with Crippen molar-refractivity contribution in [2.24, 2.45) is 5.84 Å². The summed E-state index contributed by atoms with van der Waals surface area (Å²) in [5.41, 5.74) is 6.89. The minimum Gasteiger partial charge on any atom is -0.271 e. The predicted octanol–water partition coefficient (Wildman–Crippen LogP) is 3.75. The predicted molar refractivity (Wildman–Crippen MR) is 86.0 cm³/mol. The fraction of sp³-hybridized carbons (Fsp3) is 0.353. The van der Waals surface area contributed by atoms with Crippen molar-refractivity contribution >= 4 is 11.6 Å². The molecule has 1 aromatic carbocycles. The lowest BCUT2D eigenvalue weighted by atomic mass is 9.79. The molecule has 0 radical (unpaired) electrons. The Bertz CT molecular complexity index is 614. The van der Waals surface area contributed by atoms with Crippen LogP contribution < -0.4 is 11.3 Å². The number of nitrogens with zero attached hydrogens (tertiary/aromatic N) is 1. The summed E-state index contributed by atoms with van der Waals surface area (Å²) in [6, 6.07) is 10.7. The molecule has 0 spiro atoms. The highest BCUT2D eigenvalue weighted by Gasteiger charge is 2.24. The quantitative estimate of drug-likeness (QED) is 0.668. The van der Waals surface area contributed by atoms with Crippen LogP contribution in [0.4, 0.5) is 0 Å². The summed E-state index contributed by atoms with van der Waals surface area (Å²) < 4.78 is 0. The SMILES string of the molecule is NNC(CC1CCCc2ccccc21)c1ccncc1Cl. The Labute approximate surface area is 130 Å². The summed E-state index contributed by atoms with van der Waals surface area (Å²) in [6.45, 7) is 0. The lowest BCUT2D eigenvalue weighted by Gasteiger charge is -2.29. The zero-order valence-electron chi connectivity index (χ0n) is 11.9. The highest BCUT2D eigenvalue weighted by molar-refractivity contribution is 6.31. The van der Waals surface area contributed by atoms with E-state index in [1.807, 2.05) is 6.07 Å². The van der Waals surface area contributed by atoms with Crippen LogP contribution in [0.25, 0.3) is 0 Å². The van der Waals surface area contributed by atoms with Crippen molar-refractivity contribution in [1.82, 2.24) is 10.4 Å². The molecule has 2 unspecified atom stereocenters. The molecular formula is C17H20ClN3. The number of benzene rings is 1. The molecule has 0 saturated carbocycles. The third kappa shape index (κ3) is 3.10. The van der Waals surface area contributed by atoms with Gasteiger partial charge >= 0.3 is 0 Å². The van der Waals surface area contributed by atoms with Crippen LogP contribution in [0, 0.1) is 0 Å². The van der Waals surface area contributed by atoms with E-state index < -0.39 is 0 Å². The fourth-order valence-corrected chi connectivity index (χ4v) is 3.59. The number of hydrazine groups is 1. The van der Waals surface area contributed by atoms with Crippen molar-refractivity contribution in [1.29, 1.82) is 0 Å². The first kappa shape index (κ1) is 14.5. The van der Waals surface area contributed by atoms with Gasteiger partial charge < -0.3 is 0 Å². The number of fused-ring (bicyclic) bond motifs is 1. The van der Waals surface area contributed by atoms with Crippen LogP contribution >= 0.6 is 11.6 Å². The van der Waals surface area contributed by atoms with E-state index in [0.29, 0.717) is 10.9 Å². The molecule has 0 fully saturated rings. The standard InChI is InChI=1S/C17H20ClN3/c18-16-11-20-9-8-15(16)17(21-19)10-13-6-3-5-12-4-1-2-7-14(12)13/h1-2,4,7-9,11,13,17,21H,3,5-6,10,19H2. The van der Waals surface area contributed by atoms with Crippen LogP contribution in [-0.4, -0.2) is 4.98 Å². The summed E-state index contributed by atoms with van der Waals surface area (Å²) in [5, 5.41) is 0.671. The van der Waals surface area contributed by atoms with Crippen molar-refractivity contribution in [2.75, 3.05) is 0 Å². The maximum absolute atomic E-state index is 6.26. The van der Waals surface area contributed by atoms with Gasteiger partial charge in [0.1, 0.15) is 0 Å². The molecule has 0 aliphatic heterocycles. The number of rotatable bonds is 4. The third-order valence-electron chi connectivity index (χ3n) is 4.39. The van der Waals surface area contributed by atoms with Gasteiger partial charge in [0.2, 0.25) is 0 Å². The van der Waals surface area contributed by atoms with Crippen molar-refractivity contribution in [3.05, 3.63) is 64.4 Å². The van der Waals surface area contributed by atoms with Gasteiger partial charge in [-0.3, -0.25) is 16.3 Å². The maximum Gasteiger partial charge on any atom is 0.0637 e. The maximum atomic E-state index is 6.26. The molecule has 1 heterocycles. The molecule has 1 aliphatic rings. The Hall–Kier alpha value is -1.42. The normalized spacial score (nSPS) is 19.0. The van der Waals surface area contributed by atoms with Gasteiger partial charge in [0.05, 0.1) is 5.02 Å². The molecule has 2 aromatic rings. The van der Waals surface area contributed by atoms with Gasteiger partial charge in [-0.25, -0.2) is 0 Å². The number of hydrogen-bond acceptors (Lipinski definition) is 3. The molecule has 0 amide bonds. The second-order valence-electron chi connectivity index (χ2n) is 5.64. The highest BCUT2D eigenvalue weighted by atomic mass is 35.5. The van der Waals surface area contributed by atoms with E-state index in [-0.39, 0.29) is 6.04 Å². The molecule has 3 N–H and O–H groups in total. The van der Waals surface area contributed by atoms with E-state index in [2.05, 4.69) is 34.7 Å². The van der Waals surface area contributed by atoms with Crippen LogP contribution in [0.15, 0.2) is 42.7 Å². The number of pyridine rings is 1. The molecular weight excluding hydrogens is 282 g/mol. The Balaban J connectivity index is 1.84. The van der Waals surface area contributed by atoms with Gasteiger partial charge in [0.25, 0.3) is 0 Å². The summed E-state index contributed by atoms with van der Waals surface area (Å²) in [5.74, 6) is 6.31. The number of nitrogens with two attached hydrogens (primary N) is 1.